The Hall–Kier alpha value is -3.81. The highest BCUT2D eigenvalue weighted by Gasteiger charge is 2.31. The average molecular weight is 474 g/mol. The van der Waals surface area contributed by atoms with Gasteiger partial charge in [-0.15, -0.1) is 0 Å². The number of phenols is 1. The van der Waals surface area contributed by atoms with Crippen LogP contribution in [0.3, 0.4) is 0 Å². The monoisotopic (exact) mass is 473 g/mol. The number of anilines is 2. The number of piperazine rings is 1. The zero-order chi connectivity index (χ0) is 24.2. The zero-order valence-corrected chi connectivity index (χ0v) is 20.0. The minimum Gasteiger partial charge on any atom is -0.508 e. The molecule has 8 heteroatoms. The lowest BCUT2D eigenvalue weighted by Crippen LogP contribution is -2.52. The summed E-state index contributed by atoms with van der Waals surface area (Å²) >= 11 is 0. The van der Waals surface area contributed by atoms with Crippen molar-refractivity contribution in [3.05, 3.63) is 60.9 Å². The molecule has 0 spiro atoms. The van der Waals surface area contributed by atoms with Gasteiger partial charge in [-0.2, -0.15) is 0 Å². The third-order valence-electron chi connectivity index (χ3n) is 6.94. The third-order valence-corrected chi connectivity index (χ3v) is 6.94. The molecule has 1 aromatic heterocycles. The summed E-state index contributed by atoms with van der Waals surface area (Å²) in [5, 5.41) is 9.52. The van der Waals surface area contributed by atoms with Gasteiger partial charge in [-0.25, -0.2) is 9.97 Å². The van der Waals surface area contributed by atoms with Crippen molar-refractivity contribution < 1.29 is 14.6 Å². The van der Waals surface area contributed by atoms with Crippen LogP contribution >= 0.6 is 0 Å². The van der Waals surface area contributed by atoms with Crippen LogP contribution in [0.2, 0.25) is 0 Å². The first-order chi connectivity index (χ1) is 17.1. The topological polar surface area (TPSA) is 82.0 Å². The van der Waals surface area contributed by atoms with Crippen LogP contribution in [-0.4, -0.2) is 72.3 Å². The van der Waals surface area contributed by atoms with E-state index in [9.17, 15) is 9.90 Å². The van der Waals surface area contributed by atoms with Crippen molar-refractivity contribution in [2.75, 3.05) is 56.2 Å². The molecule has 2 saturated heterocycles. The molecule has 1 unspecified atom stereocenters. The van der Waals surface area contributed by atoms with Crippen molar-refractivity contribution in [2.45, 2.75) is 12.8 Å². The van der Waals surface area contributed by atoms with Crippen LogP contribution < -0.4 is 14.5 Å². The molecule has 1 N–H and O–H groups in total. The second-order valence-electron chi connectivity index (χ2n) is 9.10. The predicted molar refractivity (Wildman–Crippen MR) is 136 cm³/mol. The Bertz CT molecular complexity index is 1140. The lowest BCUT2D eigenvalue weighted by Gasteiger charge is -2.40. The van der Waals surface area contributed by atoms with E-state index in [4.69, 9.17) is 4.74 Å². The number of hydrogen-bond acceptors (Lipinski definition) is 7. The van der Waals surface area contributed by atoms with Gasteiger partial charge in [0.05, 0.1) is 18.7 Å². The van der Waals surface area contributed by atoms with Crippen LogP contribution in [0.5, 0.6) is 11.5 Å². The van der Waals surface area contributed by atoms with E-state index in [1.807, 2.05) is 47.4 Å². The molecule has 5 rings (SSSR count). The molecule has 2 aliphatic heterocycles. The Morgan fingerprint density at radius 1 is 0.943 bits per heavy atom. The molecule has 3 heterocycles. The highest BCUT2D eigenvalue weighted by atomic mass is 16.5. The number of amides is 1. The largest absolute Gasteiger partial charge is 0.508 e. The van der Waals surface area contributed by atoms with E-state index in [1.54, 1.807) is 25.6 Å². The van der Waals surface area contributed by atoms with Crippen LogP contribution in [0, 0.1) is 5.92 Å². The number of carbonyl (C=O) groups excluding carboxylic acids is 1. The fraction of sp³-hybridized carbons (Fsp3) is 0.370. The van der Waals surface area contributed by atoms with E-state index in [-0.39, 0.29) is 17.6 Å². The van der Waals surface area contributed by atoms with Crippen molar-refractivity contribution in [1.29, 1.82) is 0 Å². The summed E-state index contributed by atoms with van der Waals surface area (Å²) in [4.78, 5) is 28.8. The van der Waals surface area contributed by atoms with Crippen molar-refractivity contribution in [2.24, 2.45) is 5.92 Å². The van der Waals surface area contributed by atoms with Crippen LogP contribution in [-0.2, 0) is 4.79 Å². The van der Waals surface area contributed by atoms with Gasteiger partial charge in [0.1, 0.15) is 23.6 Å². The van der Waals surface area contributed by atoms with Gasteiger partial charge < -0.3 is 24.5 Å². The summed E-state index contributed by atoms with van der Waals surface area (Å²) < 4.78 is 5.25. The molecule has 182 valence electrons. The number of rotatable bonds is 5. The number of carbonyl (C=O) groups is 1. The average Bonchev–Trinajstić information content (AvgIpc) is 2.93. The molecule has 2 aliphatic rings. The Kier molecular flexibility index (Phi) is 6.70. The van der Waals surface area contributed by atoms with Crippen molar-refractivity contribution in [3.8, 4) is 22.8 Å². The number of ether oxygens (including phenoxy) is 1. The first-order valence-electron chi connectivity index (χ1n) is 12.1. The fourth-order valence-corrected chi connectivity index (χ4v) is 4.93. The van der Waals surface area contributed by atoms with Gasteiger partial charge in [0, 0.05) is 56.6 Å². The Morgan fingerprint density at radius 3 is 2.40 bits per heavy atom. The molecule has 3 aromatic rings. The zero-order valence-electron chi connectivity index (χ0n) is 20.0. The molecular formula is C27H31N5O3. The van der Waals surface area contributed by atoms with Crippen LogP contribution in [0.15, 0.2) is 60.9 Å². The molecule has 2 fully saturated rings. The summed E-state index contributed by atoms with van der Waals surface area (Å²) in [6.45, 7) is 4.58. The lowest BCUT2D eigenvalue weighted by atomic mass is 9.96. The molecular weight excluding hydrogens is 442 g/mol. The molecule has 0 radical (unpaired) electrons. The molecule has 0 aliphatic carbocycles. The lowest BCUT2D eigenvalue weighted by molar-refractivity contribution is -0.136. The Balaban J connectivity index is 1.21. The Morgan fingerprint density at radius 2 is 1.69 bits per heavy atom. The molecule has 35 heavy (non-hydrogen) atoms. The first-order valence-corrected chi connectivity index (χ1v) is 12.1. The predicted octanol–water partition coefficient (Wildman–Crippen LogP) is 3.42. The molecule has 8 nitrogen and oxygen atoms in total. The second-order valence-corrected chi connectivity index (χ2v) is 9.10. The van der Waals surface area contributed by atoms with Crippen LogP contribution in [0.4, 0.5) is 11.5 Å². The highest BCUT2D eigenvalue weighted by molar-refractivity contribution is 5.80. The molecule has 2 aromatic carbocycles. The van der Waals surface area contributed by atoms with Gasteiger partial charge in [-0.3, -0.25) is 4.79 Å². The van der Waals surface area contributed by atoms with E-state index in [0.717, 1.165) is 61.0 Å². The minimum atomic E-state index is -0.0247. The second kappa shape index (κ2) is 10.2. The summed E-state index contributed by atoms with van der Waals surface area (Å²) in [7, 11) is 1.65. The number of piperidine rings is 1. The first kappa shape index (κ1) is 23.0. The molecule has 0 bridgehead atoms. The van der Waals surface area contributed by atoms with E-state index in [2.05, 4.69) is 19.8 Å². The van der Waals surface area contributed by atoms with E-state index in [0.29, 0.717) is 19.6 Å². The van der Waals surface area contributed by atoms with E-state index >= 15 is 0 Å². The maximum Gasteiger partial charge on any atom is 0.227 e. The van der Waals surface area contributed by atoms with Gasteiger partial charge in [0.15, 0.2) is 0 Å². The van der Waals surface area contributed by atoms with Crippen molar-refractivity contribution in [1.82, 2.24) is 14.9 Å². The van der Waals surface area contributed by atoms with Crippen LogP contribution in [0.1, 0.15) is 12.8 Å². The van der Waals surface area contributed by atoms with Gasteiger partial charge in [0.25, 0.3) is 0 Å². The smallest absolute Gasteiger partial charge is 0.227 e. The normalized spacial score (nSPS) is 18.4. The number of aromatic hydroxyl groups is 1. The number of phenolic OH excluding ortho intramolecular Hbond substituents is 1. The molecule has 1 amide bonds. The maximum atomic E-state index is 13.4. The van der Waals surface area contributed by atoms with Gasteiger partial charge >= 0.3 is 0 Å². The van der Waals surface area contributed by atoms with Gasteiger partial charge in [-0.1, -0.05) is 0 Å². The standard InChI is InChI=1S/C27H31N5O3/c1-35-24-10-4-20(5-11-24)25-17-26(29-19-28-25)32-12-2-3-21(18-32)27(34)31-15-13-30(14-16-31)22-6-8-23(33)9-7-22/h4-11,17,19,21,33H,2-3,12-16,18H2,1H3. The summed E-state index contributed by atoms with van der Waals surface area (Å²) in [6, 6.07) is 17.1. The number of nitrogens with zero attached hydrogens (tertiary/aromatic N) is 5. The molecule has 0 saturated carbocycles. The Labute approximate surface area is 205 Å². The minimum absolute atomic E-state index is 0.0247. The summed E-state index contributed by atoms with van der Waals surface area (Å²) in [6.07, 6.45) is 3.47. The summed E-state index contributed by atoms with van der Waals surface area (Å²) in [5.41, 5.74) is 2.94. The van der Waals surface area contributed by atoms with E-state index in [1.165, 1.54) is 0 Å². The molecule has 1 atom stereocenters. The number of benzene rings is 2. The third kappa shape index (κ3) is 5.16. The maximum absolute atomic E-state index is 13.4. The van der Waals surface area contributed by atoms with Gasteiger partial charge in [-0.05, 0) is 61.4 Å². The number of hydrogen-bond donors (Lipinski definition) is 1. The van der Waals surface area contributed by atoms with E-state index < -0.39 is 0 Å². The van der Waals surface area contributed by atoms with Crippen molar-refractivity contribution in [3.63, 3.8) is 0 Å². The van der Waals surface area contributed by atoms with Crippen LogP contribution in [0.25, 0.3) is 11.3 Å². The van der Waals surface area contributed by atoms with Gasteiger partial charge in [0.2, 0.25) is 5.91 Å². The quantitative estimate of drug-likeness (QED) is 0.608. The number of methoxy groups -OCH3 is 1. The fourth-order valence-electron chi connectivity index (χ4n) is 4.93. The van der Waals surface area contributed by atoms with Crippen molar-refractivity contribution >= 4 is 17.4 Å². The number of aromatic nitrogens is 2. The highest BCUT2D eigenvalue weighted by Crippen LogP contribution is 2.28. The SMILES string of the molecule is COc1ccc(-c2cc(N3CCCC(C(=O)N4CCN(c5ccc(O)cc5)CC4)C3)ncn2)cc1. The summed E-state index contributed by atoms with van der Waals surface area (Å²) in [5.74, 6) is 2.15.